The number of methoxy groups -OCH3 is 2. The Hall–Kier alpha value is -3.03. The van der Waals surface area contributed by atoms with Crippen molar-refractivity contribution in [2.75, 3.05) is 19.5 Å². The number of benzene rings is 3. The van der Waals surface area contributed by atoms with E-state index in [1.54, 1.807) is 55.5 Å². The van der Waals surface area contributed by atoms with E-state index in [-0.39, 0.29) is 11.3 Å². The molecule has 36 heavy (non-hydrogen) atoms. The topological polar surface area (TPSA) is 60.5 Å². The van der Waals surface area contributed by atoms with Gasteiger partial charge in [0.1, 0.15) is 0 Å². The van der Waals surface area contributed by atoms with Gasteiger partial charge >= 0.3 is 0 Å². The van der Waals surface area contributed by atoms with E-state index in [4.69, 9.17) is 14.5 Å². The second kappa shape index (κ2) is 10.5. The van der Waals surface area contributed by atoms with Crippen molar-refractivity contribution in [2.45, 2.75) is 50.1 Å². The molecule has 0 fully saturated rings. The van der Waals surface area contributed by atoms with E-state index in [2.05, 4.69) is 52.1 Å². The molecule has 0 bridgehead atoms. The number of nitrogens with zero attached hydrogens (tertiary/aromatic N) is 1. The largest absolute Gasteiger partial charge is 0.493 e. The normalized spacial score (nSPS) is 11.5. The number of aromatic nitrogens is 1. The summed E-state index contributed by atoms with van der Waals surface area (Å²) < 4.78 is 12.6. The van der Waals surface area contributed by atoms with Crippen LogP contribution in [0.5, 0.6) is 11.5 Å². The third-order valence-electron chi connectivity index (χ3n) is 6.17. The lowest BCUT2D eigenvalue weighted by molar-refractivity contribution is 0.102. The van der Waals surface area contributed by atoms with Crippen molar-refractivity contribution in [1.82, 2.24) is 4.98 Å². The highest BCUT2D eigenvalue weighted by atomic mass is 32.2. The first kappa shape index (κ1) is 26.0. The van der Waals surface area contributed by atoms with Crippen molar-refractivity contribution in [3.05, 3.63) is 76.3 Å². The van der Waals surface area contributed by atoms with Crippen molar-refractivity contribution in [3.8, 4) is 11.5 Å². The van der Waals surface area contributed by atoms with E-state index >= 15 is 0 Å². The molecule has 3 aromatic carbocycles. The third-order valence-corrected chi connectivity index (χ3v) is 8.36. The van der Waals surface area contributed by atoms with Gasteiger partial charge in [0.15, 0.2) is 15.8 Å². The van der Waals surface area contributed by atoms with Gasteiger partial charge in [-0.25, -0.2) is 4.98 Å². The molecule has 0 unspecified atom stereocenters. The van der Waals surface area contributed by atoms with Gasteiger partial charge < -0.3 is 14.8 Å². The monoisotopic (exact) mass is 520 g/mol. The third kappa shape index (κ3) is 5.68. The molecule has 4 rings (SSSR count). The minimum atomic E-state index is -0.209. The maximum atomic E-state index is 12.8. The quantitative estimate of drug-likeness (QED) is 0.252. The van der Waals surface area contributed by atoms with Gasteiger partial charge in [0.05, 0.1) is 24.4 Å². The highest BCUT2D eigenvalue weighted by Crippen LogP contribution is 2.35. The van der Waals surface area contributed by atoms with Crippen LogP contribution in [0.15, 0.2) is 52.9 Å². The molecule has 1 aromatic heterocycles. The van der Waals surface area contributed by atoms with Crippen LogP contribution in [-0.2, 0) is 11.2 Å². The summed E-state index contributed by atoms with van der Waals surface area (Å²) in [5.74, 6) is 1.77. The summed E-state index contributed by atoms with van der Waals surface area (Å²) in [5.41, 5.74) is 7.69. The Morgan fingerprint density at radius 2 is 1.67 bits per heavy atom. The van der Waals surface area contributed by atoms with E-state index in [9.17, 15) is 4.79 Å². The van der Waals surface area contributed by atoms with E-state index in [1.165, 1.54) is 22.3 Å². The number of rotatable bonds is 7. The highest BCUT2D eigenvalue weighted by molar-refractivity contribution is 8.00. The molecule has 188 valence electrons. The van der Waals surface area contributed by atoms with Gasteiger partial charge in [0, 0.05) is 17.0 Å². The zero-order valence-electron chi connectivity index (χ0n) is 21.8. The van der Waals surface area contributed by atoms with Crippen LogP contribution in [0.4, 0.5) is 5.69 Å². The van der Waals surface area contributed by atoms with Crippen LogP contribution in [0.1, 0.15) is 53.4 Å². The molecule has 0 saturated heterocycles. The number of hydrogen-bond donors (Lipinski definition) is 1. The van der Waals surface area contributed by atoms with Gasteiger partial charge in [-0.05, 0) is 77.9 Å². The second-order valence-electron chi connectivity index (χ2n) is 9.81. The Labute approximate surface area is 221 Å². The Bertz CT molecular complexity index is 1400. The average Bonchev–Trinajstić information content (AvgIpc) is 3.24. The predicted molar refractivity (Wildman–Crippen MR) is 151 cm³/mol. The SMILES string of the molecule is COc1ccc(C(=O)Nc2ccc3nc(SCc4c(C)cc(C(C)(C)C)cc4C)sc3c2)cc1OC. The number of carbonyl (C=O) groups is 1. The van der Waals surface area contributed by atoms with Crippen LogP contribution in [0.25, 0.3) is 10.2 Å². The predicted octanol–water partition coefficient (Wildman–Crippen LogP) is 7.77. The fourth-order valence-corrected chi connectivity index (χ4v) is 6.32. The molecule has 0 atom stereocenters. The van der Waals surface area contributed by atoms with Gasteiger partial charge in [-0.2, -0.15) is 0 Å². The molecule has 0 aliphatic rings. The second-order valence-corrected chi connectivity index (χ2v) is 12.1. The average molecular weight is 521 g/mol. The van der Waals surface area contributed by atoms with E-state index < -0.39 is 0 Å². The van der Waals surface area contributed by atoms with Crippen LogP contribution in [0, 0.1) is 13.8 Å². The van der Waals surface area contributed by atoms with Crippen molar-refractivity contribution in [1.29, 1.82) is 0 Å². The van der Waals surface area contributed by atoms with E-state index in [1.807, 2.05) is 18.2 Å². The zero-order valence-corrected chi connectivity index (χ0v) is 23.4. The fraction of sp³-hybridized carbons (Fsp3) is 0.310. The van der Waals surface area contributed by atoms with Crippen molar-refractivity contribution >= 4 is 44.9 Å². The Morgan fingerprint density at radius 1 is 0.972 bits per heavy atom. The fourth-order valence-electron chi connectivity index (χ4n) is 4.01. The Balaban J connectivity index is 1.48. The molecule has 0 saturated carbocycles. The minimum Gasteiger partial charge on any atom is -0.493 e. The molecule has 0 aliphatic carbocycles. The first-order valence-corrected chi connectivity index (χ1v) is 13.6. The summed E-state index contributed by atoms with van der Waals surface area (Å²) in [6.45, 7) is 11.2. The molecule has 4 aromatic rings. The van der Waals surface area contributed by atoms with Crippen LogP contribution in [0.2, 0.25) is 0 Å². The van der Waals surface area contributed by atoms with Gasteiger partial charge in [0.2, 0.25) is 0 Å². The molecule has 0 aliphatic heterocycles. The summed E-state index contributed by atoms with van der Waals surface area (Å²) in [5, 5.41) is 2.98. The van der Waals surface area contributed by atoms with Crippen LogP contribution in [-0.4, -0.2) is 25.1 Å². The highest BCUT2D eigenvalue weighted by Gasteiger charge is 2.17. The number of aryl methyl sites for hydroxylation is 2. The molecule has 1 heterocycles. The molecule has 5 nitrogen and oxygen atoms in total. The lowest BCUT2D eigenvalue weighted by atomic mass is 9.84. The van der Waals surface area contributed by atoms with Gasteiger partial charge in [-0.15, -0.1) is 11.3 Å². The van der Waals surface area contributed by atoms with Crippen LogP contribution >= 0.6 is 23.1 Å². The van der Waals surface area contributed by atoms with Gasteiger partial charge in [-0.1, -0.05) is 44.7 Å². The molecule has 0 radical (unpaired) electrons. The molecular weight excluding hydrogens is 488 g/mol. The smallest absolute Gasteiger partial charge is 0.255 e. The van der Waals surface area contributed by atoms with E-state index in [0.29, 0.717) is 17.1 Å². The number of thioether (sulfide) groups is 1. The number of nitrogens with one attached hydrogen (secondary N) is 1. The van der Waals surface area contributed by atoms with Gasteiger partial charge in [-0.3, -0.25) is 4.79 Å². The maximum Gasteiger partial charge on any atom is 0.255 e. The summed E-state index contributed by atoms with van der Waals surface area (Å²) >= 11 is 3.41. The number of thiazole rings is 1. The summed E-state index contributed by atoms with van der Waals surface area (Å²) in [6.07, 6.45) is 0. The lowest BCUT2D eigenvalue weighted by Crippen LogP contribution is -2.12. The minimum absolute atomic E-state index is 0.140. The molecule has 1 N–H and O–H groups in total. The van der Waals surface area contributed by atoms with Crippen LogP contribution in [0.3, 0.4) is 0 Å². The molecule has 1 amide bonds. The number of amides is 1. The molecule has 0 spiro atoms. The standard InChI is InChI=1S/C29H32N2O3S2/c1-17-12-20(29(3,4)5)13-18(2)22(17)16-35-28-31-23-10-9-21(15-26(23)36-28)30-27(32)19-8-11-24(33-6)25(14-19)34-7/h8-15H,16H2,1-7H3,(H,30,32). The Kier molecular flexibility index (Phi) is 7.62. The number of carbonyl (C=O) groups excluding carboxylic acids is 1. The molecule has 7 heteroatoms. The van der Waals surface area contributed by atoms with Crippen LogP contribution < -0.4 is 14.8 Å². The summed E-state index contributed by atoms with van der Waals surface area (Å²) in [7, 11) is 3.12. The number of hydrogen-bond acceptors (Lipinski definition) is 6. The van der Waals surface area contributed by atoms with Crippen molar-refractivity contribution < 1.29 is 14.3 Å². The zero-order chi connectivity index (χ0) is 26.0. The Morgan fingerprint density at radius 3 is 2.31 bits per heavy atom. The number of fused-ring (bicyclic) bond motifs is 1. The first-order valence-electron chi connectivity index (χ1n) is 11.8. The summed E-state index contributed by atoms with van der Waals surface area (Å²) in [6, 6.07) is 15.6. The van der Waals surface area contributed by atoms with Crippen molar-refractivity contribution in [2.24, 2.45) is 0 Å². The molecular formula is C29H32N2O3S2. The van der Waals surface area contributed by atoms with Gasteiger partial charge in [0.25, 0.3) is 5.91 Å². The number of anilines is 1. The van der Waals surface area contributed by atoms with E-state index in [0.717, 1.165) is 26.0 Å². The number of ether oxygens (including phenoxy) is 2. The summed E-state index contributed by atoms with van der Waals surface area (Å²) in [4.78, 5) is 17.6. The maximum absolute atomic E-state index is 12.8. The van der Waals surface area contributed by atoms with Crippen molar-refractivity contribution in [3.63, 3.8) is 0 Å². The first-order chi connectivity index (χ1) is 17.1. The lowest BCUT2D eigenvalue weighted by Gasteiger charge is -2.22.